The summed E-state index contributed by atoms with van der Waals surface area (Å²) < 4.78 is 45.5. The third-order valence-electron chi connectivity index (χ3n) is 6.12. The van der Waals surface area contributed by atoms with Crippen LogP contribution in [-0.4, -0.2) is 62.9 Å². The summed E-state index contributed by atoms with van der Waals surface area (Å²) in [5.41, 5.74) is 0.753. The molecule has 0 spiro atoms. The van der Waals surface area contributed by atoms with Gasteiger partial charge in [0.2, 0.25) is 5.84 Å². The van der Waals surface area contributed by atoms with Crippen molar-refractivity contribution in [2.75, 3.05) is 25.5 Å². The minimum Gasteiger partial charge on any atom is -0.740 e. The molecule has 4 heterocycles. The van der Waals surface area contributed by atoms with E-state index in [1.165, 1.54) is 22.6 Å². The second kappa shape index (κ2) is 8.36. The number of rotatable bonds is 4. The number of hydrogen-bond acceptors (Lipinski definition) is 6. The lowest BCUT2D eigenvalue weighted by molar-refractivity contribution is -0.344. The fourth-order valence-electron chi connectivity index (χ4n) is 4.03. The number of nitrogens with zero attached hydrogens (tertiary/aromatic N) is 5. The van der Waals surface area contributed by atoms with E-state index in [1.54, 1.807) is 25.1 Å². The Morgan fingerprint density at radius 2 is 1.97 bits per heavy atom. The van der Waals surface area contributed by atoms with Crippen molar-refractivity contribution in [3.05, 3.63) is 70.3 Å². The van der Waals surface area contributed by atoms with Crippen LogP contribution in [0, 0.1) is 18.0 Å². The quantitative estimate of drug-likeness (QED) is 0.436. The van der Waals surface area contributed by atoms with Crippen LogP contribution in [0.1, 0.15) is 27.2 Å². The summed E-state index contributed by atoms with van der Waals surface area (Å²) in [6.45, 7) is 2.45. The smallest absolute Gasteiger partial charge is 0.416 e. The van der Waals surface area contributed by atoms with Crippen molar-refractivity contribution < 1.29 is 32.2 Å². The Kier molecular flexibility index (Phi) is 5.42. The van der Waals surface area contributed by atoms with Gasteiger partial charge in [-0.05, 0) is 36.8 Å². The maximum atomic E-state index is 13.0. The number of fused-ring (bicyclic) bond motifs is 1. The highest BCUT2D eigenvalue weighted by atomic mass is 19.4. The molecule has 0 aliphatic carbocycles. The minimum absolute atomic E-state index is 0.0175. The molecule has 2 aromatic heterocycles. The number of nitrogens with one attached hydrogen (secondary N) is 1. The van der Waals surface area contributed by atoms with Gasteiger partial charge in [-0.3, -0.25) is 9.20 Å². The minimum atomic E-state index is -4.52. The lowest BCUT2D eigenvalue weighted by Crippen LogP contribution is -2.56. The zero-order chi connectivity index (χ0) is 25.8. The summed E-state index contributed by atoms with van der Waals surface area (Å²) >= 11 is 0. The average molecular weight is 500 g/mol. The van der Waals surface area contributed by atoms with E-state index in [9.17, 15) is 28.0 Å². The molecular weight excluding hydrogens is 481 g/mol. The lowest BCUT2D eigenvalue weighted by atomic mass is 9.97. The molecule has 0 atom stereocenters. The summed E-state index contributed by atoms with van der Waals surface area (Å²) in [4.78, 5) is 34.1. The zero-order valence-electron chi connectivity index (χ0n) is 19.0. The number of pyridine rings is 1. The lowest BCUT2D eigenvalue weighted by Gasteiger charge is -2.39. The van der Waals surface area contributed by atoms with Gasteiger partial charge in [0.05, 0.1) is 30.4 Å². The number of ether oxygens (including phenoxy) is 1. The number of hydrogen-bond donors (Lipinski definition) is 1. The molecule has 1 fully saturated rings. The van der Waals surface area contributed by atoms with E-state index >= 15 is 0 Å². The van der Waals surface area contributed by atoms with Crippen LogP contribution in [0.4, 0.5) is 23.7 Å². The fourth-order valence-corrected chi connectivity index (χ4v) is 4.03. The highest BCUT2D eigenvalue weighted by molar-refractivity contribution is 6.11. The van der Waals surface area contributed by atoms with Crippen molar-refractivity contribution in [2.45, 2.75) is 13.1 Å². The molecular formula is C23H19F3N6O4. The molecule has 1 aromatic carbocycles. The molecule has 2 aliphatic heterocycles. The van der Waals surface area contributed by atoms with Crippen molar-refractivity contribution in [3.8, 4) is 0 Å². The van der Waals surface area contributed by atoms with Gasteiger partial charge in [0.25, 0.3) is 11.7 Å². The fraction of sp³-hybridized carbons (Fsp3) is 0.261. The summed E-state index contributed by atoms with van der Waals surface area (Å²) in [6, 6.07) is 6.74. The third kappa shape index (κ3) is 3.91. The van der Waals surface area contributed by atoms with Gasteiger partial charge in [0.1, 0.15) is 11.3 Å². The number of methoxy groups -OCH3 is 1. The SMILES string of the molecule is COC(=O)N1CC(C2=[N+]([O-])C(c3ccc(C)c(NC(=O)c4cnc5cc(C(F)(F)F)ccn45)c3)=N2)C1. The number of likely N-dealkylation sites (tertiary alicyclic amines) is 1. The van der Waals surface area contributed by atoms with E-state index in [0.717, 1.165) is 18.3 Å². The van der Waals surface area contributed by atoms with Crippen molar-refractivity contribution >= 4 is 35.0 Å². The molecule has 0 radical (unpaired) electrons. The highest BCUT2D eigenvalue weighted by Gasteiger charge is 2.42. The molecule has 13 heteroatoms. The zero-order valence-corrected chi connectivity index (χ0v) is 19.0. The monoisotopic (exact) mass is 500 g/mol. The van der Waals surface area contributed by atoms with E-state index in [2.05, 4.69) is 20.0 Å². The number of aliphatic imine (C=N–C) groups is 1. The largest absolute Gasteiger partial charge is 0.740 e. The van der Waals surface area contributed by atoms with E-state index in [-0.39, 0.29) is 23.1 Å². The summed E-state index contributed by atoms with van der Waals surface area (Å²) in [6.07, 6.45) is -2.65. The maximum absolute atomic E-state index is 13.0. The summed E-state index contributed by atoms with van der Waals surface area (Å²) in [5, 5.41) is 15.4. The number of carbonyl (C=O) groups is 2. The topological polar surface area (TPSA) is 114 Å². The molecule has 2 amide bonds. The van der Waals surface area contributed by atoms with Crippen LogP contribution in [0.25, 0.3) is 5.65 Å². The summed E-state index contributed by atoms with van der Waals surface area (Å²) in [7, 11) is 1.29. The number of alkyl halides is 3. The molecule has 36 heavy (non-hydrogen) atoms. The van der Waals surface area contributed by atoms with E-state index in [0.29, 0.717) is 40.5 Å². The average Bonchev–Trinajstić information content (AvgIpc) is 3.24. The van der Waals surface area contributed by atoms with Gasteiger partial charge in [-0.15, -0.1) is 0 Å². The molecule has 1 N–H and O–H groups in total. The molecule has 1 saturated heterocycles. The molecule has 186 valence electrons. The number of anilines is 1. The van der Waals surface area contributed by atoms with Crippen LogP contribution in [0.5, 0.6) is 0 Å². The van der Waals surface area contributed by atoms with Crippen LogP contribution >= 0.6 is 0 Å². The first-order valence-electron chi connectivity index (χ1n) is 10.8. The van der Waals surface area contributed by atoms with Gasteiger partial charge in [-0.2, -0.15) is 13.2 Å². The number of hydroxylamine groups is 1. The number of aryl methyl sites for hydroxylation is 1. The normalized spacial score (nSPS) is 15.9. The van der Waals surface area contributed by atoms with Gasteiger partial charge in [-0.25, -0.2) is 14.5 Å². The first-order valence-corrected chi connectivity index (χ1v) is 10.8. The molecule has 10 nitrogen and oxygen atoms in total. The number of amidine groups is 2. The molecule has 0 bridgehead atoms. The van der Waals surface area contributed by atoms with Crippen LogP contribution < -0.4 is 5.32 Å². The second-order valence-corrected chi connectivity index (χ2v) is 8.43. The third-order valence-corrected chi connectivity index (χ3v) is 6.12. The number of aromatic nitrogens is 2. The van der Waals surface area contributed by atoms with Crippen molar-refractivity contribution in [3.63, 3.8) is 0 Å². The van der Waals surface area contributed by atoms with Crippen molar-refractivity contribution in [1.29, 1.82) is 0 Å². The summed E-state index contributed by atoms with van der Waals surface area (Å²) in [5.74, 6) is -0.267. The maximum Gasteiger partial charge on any atom is 0.416 e. The number of imidazole rings is 1. The van der Waals surface area contributed by atoms with Crippen molar-refractivity contribution in [1.82, 2.24) is 14.3 Å². The molecule has 0 unspecified atom stereocenters. The standard InChI is InChI=1S/C23H19F3N6O4/c1-12-3-4-13(19-29-20(32(19)35)14-10-30(11-14)22(34)36-2)7-16(12)28-21(33)17-9-27-18-8-15(23(24,25)26)5-6-31(17)18/h3-9,14H,10-11H2,1-2H3,(H,28,33). The van der Waals surface area contributed by atoms with Gasteiger partial charge in [0.15, 0.2) is 0 Å². The van der Waals surface area contributed by atoms with E-state index in [4.69, 9.17) is 0 Å². The van der Waals surface area contributed by atoms with Gasteiger partial charge >= 0.3 is 12.3 Å². The second-order valence-electron chi connectivity index (χ2n) is 8.43. The Morgan fingerprint density at radius 3 is 2.64 bits per heavy atom. The van der Waals surface area contributed by atoms with Crippen LogP contribution in [-0.2, 0) is 10.9 Å². The molecule has 0 saturated carbocycles. The van der Waals surface area contributed by atoms with E-state index < -0.39 is 23.7 Å². The first kappa shape index (κ1) is 23.3. The van der Waals surface area contributed by atoms with Gasteiger partial charge < -0.3 is 20.2 Å². The Balaban J connectivity index is 1.32. The number of carbonyl (C=O) groups excluding carboxylic acids is 2. The molecule has 5 rings (SSSR count). The number of benzene rings is 1. The number of amides is 2. The van der Waals surface area contributed by atoms with E-state index in [1.807, 2.05) is 0 Å². The highest BCUT2D eigenvalue weighted by Crippen LogP contribution is 2.30. The van der Waals surface area contributed by atoms with Gasteiger partial charge in [-0.1, -0.05) is 11.1 Å². The van der Waals surface area contributed by atoms with Crippen LogP contribution in [0.3, 0.4) is 0 Å². The molecule has 3 aromatic rings. The predicted molar refractivity (Wildman–Crippen MR) is 122 cm³/mol. The van der Waals surface area contributed by atoms with Crippen molar-refractivity contribution in [2.24, 2.45) is 10.9 Å². The predicted octanol–water partition coefficient (Wildman–Crippen LogP) is 3.28. The Hall–Kier alpha value is -4.42. The Morgan fingerprint density at radius 1 is 1.22 bits per heavy atom. The van der Waals surface area contributed by atoms with Crippen LogP contribution in [0.15, 0.2) is 47.7 Å². The first-order chi connectivity index (χ1) is 17.1. The van der Waals surface area contributed by atoms with Crippen LogP contribution in [0.2, 0.25) is 0 Å². The Bertz CT molecular complexity index is 1470. The van der Waals surface area contributed by atoms with Gasteiger partial charge in [0, 0.05) is 25.0 Å². The number of halogens is 3. The molecule has 2 aliphatic rings. The Labute approximate surface area is 201 Å².